The number of thiophene rings is 1. The summed E-state index contributed by atoms with van der Waals surface area (Å²) in [7, 11) is 0. The van der Waals surface area contributed by atoms with Crippen molar-refractivity contribution in [2.75, 3.05) is 0 Å². The van der Waals surface area contributed by atoms with E-state index in [9.17, 15) is 5.11 Å². The largest absolute Gasteiger partial charge is 0.507 e. The minimum atomic E-state index is 0.260. The summed E-state index contributed by atoms with van der Waals surface area (Å²) >= 11 is 1.80. The van der Waals surface area contributed by atoms with Crippen LogP contribution in [0.4, 0.5) is 0 Å². The van der Waals surface area contributed by atoms with Crippen LogP contribution in [0, 0.1) is 0 Å². The Balaban J connectivity index is 1.24. The number of hydrogen-bond donors (Lipinski definition) is 1. The van der Waals surface area contributed by atoms with E-state index in [-0.39, 0.29) is 5.75 Å². The first kappa shape index (κ1) is 30.9. The fourth-order valence-corrected chi connectivity index (χ4v) is 10.8. The van der Waals surface area contributed by atoms with Crippen molar-refractivity contribution in [3.05, 3.63) is 170 Å². The molecule has 0 saturated carbocycles. The second kappa shape index (κ2) is 11.4. The fourth-order valence-electron chi connectivity index (χ4n) is 9.56. The van der Waals surface area contributed by atoms with Gasteiger partial charge < -0.3 is 9.51 Å². The molecule has 57 heavy (non-hydrogen) atoms. The van der Waals surface area contributed by atoms with Crippen LogP contribution in [0.15, 0.2) is 170 Å². The summed E-state index contributed by atoms with van der Waals surface area (Å²) in [5.41, 5.74) is 9.16. The van der Waals surface area contributed by atoms with Gasteiger partial charge in [0.1, 0.15) is 5.75 Å². The highest BCUT2D eigenvalue weighted by atomic mass is 32.1. The van der Waals surface area contributed by atoms with Gasteiger partial charge >= 0.3 is 0 Å². The monoisotopic (exact) mass is 743 g/mol. The molecular formula is C52H29N3OS. The maximum absolute atomic E-state index is 11.2. The number of aromatic hydroxyl groups is 1. The highest BCUT2D eigenvalue weighted by Crippen LogP contribution is 2.49. The zero-order valence-corrected chi connectivity index (χ0v) is 31.2. The maximum Gasteiger partial charge on any atom is 0.161 e. The lowest BCUT2D eigenvalue weighted by molar-refractivity contribution is 0.477. The summed E-state index contributed by atoms with van der Waals surface area (Å²) in [5, 5.41) is 24.0. The van der Waals surface area contributed by atoms with Gasteiger partial charge in [-0.15, -0.1) is 11.3 Å². The molecule has 0 aliphatic carbocycles. The molecule has 5 heteroatoms. The van der Waals surface area contributed by atoms with E-state index in [1.165, 1.54) is 63.5 Å². The van der Waals surface area contributed by atoms with Crippen molar-refractivity contribution in [2.45, 2.75) is 0 Å². The van der Waals surface area contributed by atoms with Crippen LogP contribution in [0.3, 0.4) is 0 Å². The Kier molecular flexibility index (Phi) is 6.16. The summed E-state index contributed by atoms with van der Waals surface area (Å²) in [6, 6.07) is 60.0. The standard InChI is InChI=1S/C52H29N3OS/c56-44-22-9-5-13-32(44)30-26-31-28-41(48-37-16-3-7-20-42(37)53-52(54-48)39-19-11-18-36-34-15-6-10-23-45(34)57-51(36)39)47-38-17-4-8-21-43(38)55-49-33-14-2-1-12-29(33)24-25-35(49)40(27-30)46(31)50(47)55/h1-28,56H. The van der Waals surface area contributed by atoms with E-state index in [2.05, 4.69) is 150 Å². The average molecular weight is 744 g/mol. The van der Waals surface area contributed by atoms with E-state index in [0.29, 0.717) is 5.82 Å². The summed E-state index contributed by atoms with van der Waals surface area (Å²) in [4.78, 5) is 10.9. The van der Waals surface area contributed by atoms with E-state index < -0.39 is 0 Å². The van der Waals surface area contributed by atoms with Crippen molar-refractivity contribution in [1.82, 2.24) is 14.4 Å². The van der Waals surface area contributed by atoms with Gasteiger partial charge in [-0.3, -0.25) is 0 Å². The number of rotatable bonds is 3. The number of aromatic nitrogens is 3. The van der Waals surface area contributed by atoms with Gasteiger partial charge in [-0.1, -0.05) is 121 Å². The highest BCUT2D eigenvalue weighted by molar-refractivity contribution is 7.26. The van der Waals surface area contributed by atoms with Crippen molar-refractivity contribution in [1.29, 1.82) is 0 Å². The van der Waals surface area contributed by atoms with Gasteiger partial charge in [0.25, 0.3) is 0 Å². The van der Waals surface area contributed by atoms with Crippen LogP contribution >= 0.6 is 11.3 Å². The molecule has 0 aliphatic rings. The molecule has 0 saturated heterocycles. The fraction of sp³-hybridized carbons (Fsp3) is 0. The van der Waals surface area contributed by atoms with Gasteiger partial charge in [0.2, 0.25) is 0 Å². The number of para-hydroxylation sites is 3. The van der Waals surface area contributed by atoms with Gasteiger partial charge in [0.15, 0.2) is 5.82 Å². The van der Waals surface area contributed by atoms with Crippen LogP contribution in [0.5, 0.6) is 5.75 Å². The molecule has 13 aromatic rings. The van der Waals surface area contributed by atoms with Crippen molar-refractivity contribution < 1.29 is 5.11 Å². The third-order valence-corrected chi connectivity index (χ3v) is 13.2. The van der Waals surface area contributed by atoms with Crippen molar-refractivity contribution in [3.8, 4) is 39.5 Å². The molecule has 0 bridgehead atoms. The molecule has 4 aromatic heterocycles. The lowest BCUT2D eigenvalue weighted by atomic mass is 9.89. The molecule has 0 unspecified atom stereocenters. The molecule has 264 valence electrons. The van der Waals surface area contributed by atoms with E-state index in [4.69, 9.17) is 9.97 Å². The van der Waals surface area contributed by atoms with Crippen LogP contribution in [0.2, 0.25) is 0 Å². The van der Waals surface area contributed by atoms with Gasteiger partial charge in [-0.2, -0.15) is 0 Å². The number of phenols is 1. The summed E-state index contributed by atoms with van der Waals surface area (Å²) in [5.74, 6) is 0.973. The van der Waals surface area contributed by atoms with Crippen molar-refractivity contribution in [2.24, 2.45) is 0 Å². The average Bonchev–Trinajstić information content (AvgIpc) is 3.82. The minimum absolute atomic E-state index is 0.260. The van der Waals surface area contributed by atoms with Gasteiger partial charge in [-0.05, 0) is 70.3 Å². The number of fused-ring (bicyclic) bond motifs is 12. The van der Waals surface area contributed by atoms with Gasteiger partial charge in [0.05, 0.1) is 27.8 Å². The first-order valence-corrected chi connectivity index (χ1v) is 20.0. The van der Waals surface area contributed by atoms with Gasteiger partial charge in [0, 0.05) is 69.2 Å². The molecule has 0 atom stereocenters. The van der Waals surface area contributed by atoms with Crippen LogP contribution in [0.1, 0.15) is 0 Å². The normalized spacial score (nSPS) is 12.3. The Bertz CT molecular complexity index is 3840. The van der Waals surface area contributed by atoms with Crippen LogP contribution in [-0.2, 0) is 0 Å². The predicted octanol–water partition coefficient (Wildman–Crippen LogP) is 14.2. The quantitative estimate of drug-likeness (QED) is 0.145. The number of hydrogen-bond acceptors (Lipinski definition) is 4. The first-order chi connectivity index (χ1) is 28.2. The Morgan fingerprint density at radius 3 is 2.11 bits per heavy atom. The van der Waals surface area contributed by atoms with Crippen LogP contribution < -0.4 is 0 Å². The Labute approximate surface area is 329 Å². The Morgan fingerprint density at radius 1 is 0.456 bits per heavy atom. The molecule has 1 N–H and O–H groups in total. The first-order valence-electron chi connectivity index (χ1n) is 19.2. The third kappa shape index (κ3) is 4.21. The zero-order valence-electron chi connectivity index (χ0n) is 30.4. The molecule has 9 aromatic carbocycles. The topological polar surface area (TPSA) is 50.4 Å². The molecule has 4 nitrogen and oxygen atoms in total. The van der Waals surface area contributed by atoms with Crippen molar-refractivity contribution >= 4 is 102 Å². The summed E-state index contributed by atoms with van der Waals surface area (Å²) in [6.45, 7) is 0. The molecular weight excluding hydrogens is 715 g/mol. The van der Waals surface area contributed by atoms with Crippen LogP contribution in [0.25, 0.3) is 124 Å². The minimum Gasteiger partial charge on any atom is -0.507 e. The number of phenolic OH excluding ortho intramolecular Hbond substituents is 1. The van der Waals surface area contributed by atoms with E-state index in [1.807, 2.05) is 18.2 Å². The third-order valence-electron chi connectivity index (χ3n) is 12.0. The summed E-state index contributed by atoms with van der Waals surface area (Å²) < 4.78 is 4.95. The number of benzene rings is 9. The number of nitrogens with zero attached hydrogens (tertiary/aromatic N) is 3. The predicted molar refractivity (Wildman–Crippen MR) is 240 cm³/mol. The SMILES string of the molecule is Oc1ccccc1-c1cc2cc(-c3nc(-c4cccc5c4sc4ccccc45)nc4ccccc34)c3c4ccccc4n4c5c6ccccc6ccc5c(c1)c2c34. The van der Waals surface area contributed by atoms with E-state index >= 15 is 0 Å². The molecule has 13 rings (SSSR count). The molecule has 0 spiro atoms. The lowest BCUT2D eigenvalue weighted by Gasteiger charge is -2.18. The molecule has 0 fully saturated rings. The molecule has 0 amide bonds. The van der Waals surface area contributed by atoms with E-state index in [1.54, 1.807) is 17.4 Å². The number of pyridine rings is 1. The maximum atomic E-state index is 11.2. The smallest absolute Gasteiger partial charge is 0.161 e. The van der Waals surface area contributed by atoms with Crippen molar-refractivity contribution in [3.63, 3.8) is 0 Å². The second-order valence-electron chi connectivity index (χ2n) is 15.0. The zero-order chi connectivity index (χ0) is 37.4. The Morgan fingerprint density at radius 2 is 1.19 bits per heavy atom. The summed E-state index contributed by atoms with van der Waals surface area (Å²) in [6.07, 6.45) is 0. The van der Waals surface area contributed by atoms with E-state index in [0.717, 1.165) is 55.1 Å². The van der Waals surface area contributed by atoms with Gasteiger partial charge in [-0.25, -0.2) is 9.97 Å². The Hall–Kier alpha value is -7.34. The molecule has 0 radical (unpaired) electrons. The molecule has 4 heterocycles. The lowest BCUT2D eigenvalue weighted by Crippen LogP contribution is -1.98. The molecule has 0 aliphatic heterocycles. The second-order valence-corrected chi connectivity index (χ2v) is 16.1. The van der Waals surface area contributed by atoms with Crippen LogP contribution in [-0.4, -0.2) is 19.5 Å². The highest BCUT2D eigenvalue weighted by Gasteiger charge is 2.25.